The summed E-state index contributed by atoms with van der Waals surface area (Å²) >= 11 is 0. The van der Waals surface area contributed by atoms with Gasteiger partial charge in [0.15, 0.2) is 0 Å². The van der Waals surface area contributed by atoms with E-state index >= 15 is 0 Å². The van der Waals surface area contributed by atoms with Crippen molar-refractivity contribution in [3.05, 3.63) is 25.3 Å². The average molecular weight is 246 g/mol. The molecule has 3 nitrogen and oxygen atoms in total. The fourth-order valence-corrected chi connectivity index (χ4v) is 0.623. The molecule has 0 rings (SSSR count). The lowest BCUT2D eigenvalue weighted by molar-refractivity contribution is -0.140. The van der Waals surface area contributed by atoms with Gasteiger partial charge in [0.2, 0.25) is 0 Å². The van der Waals surface area contributed by atoms with Gasteiger partial charge in [-0.15, -0.1) is 13.2 Å². The van der Waals surface area contributed by atoms with Gasteiger partial charge >= 0.3 is 5.97 Å². The van der Waals surface area contributed by atoms with Crippen LogP contribution in [0.15, 0.2) is 25.3 Å². The molecule has 104 valence electrons. The molecular weight excluding hydrogens is 216 g/mol. The van der Waals surface area contributed by atoms with Crippen LogP contribution < -0.4 is 0 Å². The van der Waals surface area contributed by atoms with E-state index < -0.39 is 5.97 Å². The van der Waals surface area contributed by atoms with Gasteiger partial charge in [-0.2, -0.15) is 0 Å². The maximum Gasteiger partial charge on any atom is 0.306 e. The van der Waals surface area contributed by atoms with Gasteiger partial charge in [-0.25, -0.2) is 0 Å². The smallest absolute Gasteiger partial charge is 0.306 e. The van der Waals surface area contributed by atoms with Crippen LogP contribution in [-0.4, -0.2) is 22.3 Å². The van der Waals surface area contributed by atoms with Crippen LogP contribution in [0.4, 0.5) is 0 Å². The summed E-state index contributed by atoms with van der Waals surface area (Å²) < 4.78 is 0. The van der Waals surface area contributed by atoms with Crippen LogP contribution in [0.2, 0.25) is 0 Å². The van der Waals surface area contributed by atoms with Crippen molar-refractivity contribution in [3.63, 3.8) is 0 Å². The first kappa shape index (κ1) is 24.9. The highest BCUT2D eigenvalue weighted by Gasteiger charge is 2.06. The standard InChI is InChI=1S/C6H10O2.C6H12O.2CH4/c1-3-4-5(2)6(7)8;1-4-6(7)5(2)3;;/h3,5H,1,4H2,2H3,(H,7,8);4-7H,1H2,2-3H3;2*1H4/t5-;;;/m0.../s1. The fourth-order valence-electron chi connectivity index (χ4n) is 0.623. The predicted octanol–water partition coefficient (Wildman–Crippen LogP) is 3.74. The highest BCUT2D eigenvalue weighted by Crippen LogP contribution is 2.00. The summed E-state index contributed by atoms with van der Waals surface area (Å²) in [5, 5.41) is 17.1. The monoisotopic (exact) mass is 246 g/mol. The maximum absolute atomic E-state index is 10.0. The Morgan fingerprint density at radius 3 is 1.71 bits per heavy atom. The predicted molar refractivity (Wildman–Crippen MR) is 76.1 cm³/mol. The summed E-state index contributed by atoms with van der Waals surface area (Å²) in [6, 6.07) is 0. The summed E-state index contributed by atoms with van der Waals surface area (Å²) in [7, 11) is 0. The highest BCUT2D eigenvalue weighted by molar-refractivity contribution is 5.69. The van der Waals surface area contributed by atoms with E-state index in [1.54, 1.807) is 19.1 Å². The second-order valence-corrected chi connectivity index (χ2v) is 3.73. The Morgan fingerprint density at radius 1 is 1.24 bits per heavy atom. The quantitative estimate of drug-likeness (QED) is 0.726. The van der Waals surface area contributed by atoms with Crippen LogP contribution in [0.25, 0.3) is 0 Å². The zero-order valence-electron chi connectivity index (χ0n) is 9.81. The number of hydrogen-bond acceptors (Lipinski definition) is 2. The fraction of sp³-hybridized carbons (Fsp3) is 0.643. The molecule has 0 saturated heterocycles. The Labute approximate surface area is 107 Å². The topological polar surface area (TPSA) is 57.5 Å². The molecule has 0 radical (unpaired) electrons. The third kappa shape index (κ3) is 17.5. The Bertz CT molecular complexity index is 198. The Kier molecular flexibility index (Phi) is 21.9. The molecule has 0 aromatic carbocycles. The van der Waals surface area contributed by atoms with Crippen LogP contribution >= 0.6 is 0 Å². The minimum Gasteiger partial charge on any atom is -0.481 e. The molecule has 0 aliphatic rings. The van der Waals surface area contributed by atoms with E-state index in [9.17, 15) is 4.79 Å². The van der Waals surface area contributed by atoms with Gasteiger partial charge in [-0.05, 0) is 12.3 Å². The molecule has 0 aliphatic carbocycles. The van der Waals surface area contributed by atoms with Crippen LogP contribution in [0.1, 0.15) is 42.0 Å². The van der Waals surface area contributed by atoms with Crippen molar-refractivity contribution in [1.29, 1.82) is 0 Å². The molecule has 0 saturated carbocycles. The molecule has 17 heavy (non-hydrogen) atoms. The molecule has 1 unspecified atom stereocenters. The van der Waals surface area contributed by atoms with Crippen molar-refractivity contribution in [2.24, 2.45) is 11.8 Å². The number of aliphatic carboxylic acids is 1. The lowest BCUT2D eigenvalue weighted by atomic mass is 10.1. The Morgan fingerprint density at radius 2 is 1.65 bits per heavy atom. The second-order valence-electron chi connectivity index (χ2n) is 3.73. The SMILES string of the molecule is C.C.C=CC(O)C(C)C.C=CC[C@H](C)C(=O)O. The van der Waals surface area contributed by atoms with Gasteiger partial charge < -0.3 is 10.2 Å². The number of carboxylic acid groups (broad SMARTS) is 1. The zero-order valence-corrected chi connectivity index (χ0v) is 9.81. The molecule has 0 aromatic heterocycles. The number of aliphatic hydroxyl groups is 1. The van der Waals surface area contributed by atoms with Gasteiger partial charge in [0.1, 0.15) is 0 Å². The maximum atomic E-state index is 10.0. The Hall–Kier alpha value is -1.09. The number of carboxylic acids is 1. The number of hydrogen-bond donors (Lipinski definition) is 2. The van der Waals surface area contributed by atoms with Crippen molar-refractivity contribution < 1.29 is 15.0 Å². The summed E-state index contributed by atoms with van der Waals surface area (Å²) in [6.07, 6.45) is 3.37. The number of aliphatic hydroxyl groups excluding tert-OH is 1. The minimum absolute atomic E-state index is 0. The molecule has 0 bridgehead atoms. The van der Waals surface area contributed by atoms with Crippen molar-refractivity contribution >= 4 is 5.97 Å². The van der Waals surface area contributed by atoms with Crippen molar-refractivity contribution in [2.45, 2.75) is 48.1 Å². The molecule has 3 heteroatoms. The normalized spacial score (nSPS) is 11.8. The third-order valence-electron chi connectivity index (χ3n) is 1.87. The summed E-state index contributed by atoms with van der Waals surface area (Å²) in [5.41, 5.74) is 0. The van der Waals surface area contributed by atoms with Gasteiger partial charge in [0, 0.05) is 0 Å². The lowest BCUT2D eigenvalue weighted by Gasteiger charge is -2.06. The first-order valence-corrected chi connectivity index (χ1v) is 5.01. The van der Waals surface area contributed by atoms with E-state index in [1.165, 1.54) is 0 Å². The first-order chi connectivity index (χ1) is 6.86. The first-order valence-electron chi connectivity index (χ1n) is 5.01. The summed E-state index contributed by atoms with van der Waals surface area (Å²) in [5.74, 6) is -0.741. The molecule has 0 aliphatic heterocycles. The van der Waals surface area contributed by atoms with Crippen LogP contribution in [0.5, 0.6) is 0 Å². The van der Waals surface area contributed by atoms with Crippen LogP contribution in [-0.2, 0) is 4.79 Å². The molecule has 0 spiro atoms. The lowest BCUT2D eigenvalue weighted by Crippen LogP contribution is -2.09. The van der Waals surface area contributed by atoms with E-state index in [4.69, 9.17) is 10.2 Å². The van der Waals surface area contributed by atoms with E-state index in [0.717, 1.165) is 0 Å². The number of rotatable bonds is 5. The molecule has 0 amide bonds. The molecular formula is C14H30O3. The minimum atomic E-state index is -0.759. The highest BCUT2D eigenvalue weighted by atomic mass is 16.4. The largest absolute Gasteiger partial charge is 0.481 e. The van der Waals surface area contributed by atoms with Gasteiger partial charge in [0.05, 0.1) is 12.0 Å². The van der Waals surface area contributed by atoms with E-state index in [0.29, 0.717) is 12.3 Å². The zero-order chi connectivity index (χ0) is 12.4. The van der Waals surface area contributed by atoms with Gasteiger partial charge in [0.25, 0.3) is 0 Å². The van der Waals surface area contributed by atoms with Crippen molar-refractivity contribution in [1.82, 2.24) is 0 Å². The van der Waals surface area contributed by atoms with E-state index in [-0.39, 0.29) is 26.9 Å². The van der Waals surface area contributed by atoms with E-state index in [1.807, 2.05) is 13.8 Å². The van der Waals surface area contributed by atoms with Crippen LogP contribution in [0, 0.1) is 11.8 Å². The average Bonchev–Trinajstić information content (AvgIpc) is 2.17. The van der Waals surface area contributed by atoms with E-state index in [2.05, 4.69) is 13.2 Å². The molecule has 0 heterocycles. The number of allylic oxidation sites excluding steroid dienone is 1. The Balaban J connectivity index is -0.0000000896. The van der Waals surface area contributed by atoms with Crippen molar-refractivity contribution in [2.75, 3.05) is 0 Å². The van der Waals surface area contributed by atoms with Crippen molar-refractivity contribution in [3.8, 4) is 0 Å². The number of carbonyl (C=O) groups is 1. The summed E-state index contributed by atoms with van der Waals surface area (Å²) in [6.45, 7) is 12.4. The van der Waals surface area contributed by atoms with Crippen LogP contribution in [0.3, 0.4) is 0 Å². The summed E-state index contributed by atoms with van der Waals surface area (Å²) in [4.78, 5) is 10.0. The third-order valence-corrected chi connectivity index (χ3v) is 1.87. The molecule has 2 N–H and O–H groups in total. The molecule has 0 aromatic rings. The molecule has 2 atom stereocenters. The second kappa shape index (κ2) is 14.9. The van der Waals surface area contributed by atoms with Gasteiger partial charge in [-0.1, -0.05) is 47.8 Å². The molecule has 0 fully saturated rings. The van der Waals surface area contributed by atoms with Gasteiger partial charge in [-0.3, -0.25) is 4.79 Å².